The zero-order valence-electron chi connectivity index (χ0n) is 18.4. The first-order valence-electron chi connectivity index (χ1n) is 10.8. The average molecular weight is 431 g/mol. The van der Waals surface area contributed by atoms with Gasteiger partial charge in [0, 0.05) is 23.1 Å². The molecule has 5 rings (SSSR count). The van der Waals surface area contributed by atoms with Crippen molar-refractivity contribution in [3.05, 3.63) is 70.8 Å². The molecule has 7 nitrogen and oxygen atoms in total. The Kier molecular flexibility index (Phi) is 5.27. The normalized spacial score (nSPS) is 16.6. The SMILES string of the molecule is Cc1cc2occ(CC(=O)N3CCOC(c4nc(-c5ccccc5C)no4)C3)c2cc1C. The van der Waals surface area contributed by atoms with Gasteiger partial charge < -0.3 is 18.6 Å². The van der Waals surface area contributed by atoms with Crippen LogP contribution in [0.3, 0.4) is 0 Å². The molecule has 1 unspecified atom stereocenters. The molecule has 0 radical (unpaired) electrons. The highest BCUT2D eigenvalue weighted by molar-refractivity contribution is 5.88. The third-order valence-corrected chi connectivity index (χ3v) is 6.13. The molecule has 3 heterocycles. The molecule has 1 saturated heterocycles. The molecule has 0 N–H and O–H groups in total. The van der Waals surface area contributed by atoms with Crippen molar-refractivity contribution in [3.63, 3.8) is 0 Å². The first-order valence-corrected chi connectivity index (χ1v) is 10.8. The number of nitrogens with zero attached hydrogens (tertiary/aromatic N) is 3. The van der Waals surface area contributed by atoms with Gasteiger partial charge in [0.25, 0.3) is 5.89 Å². The number of amides is 1. The Labute approximate surface area is 186 Å². The molecule has 0 aliphatic carbocycles. The lowest BCUT2D eigenvalue weighted by atomic mass is 10.0. The Bertz CT molecular complexity index is 1290. The van der Waals surface area contributed by atoms with Crippen LogP contribution in [0.15, 0.2) is 51.6 Å². The summed E-state index contributed by atoms with van der Waals surface area (Å²) in [4.78, 5) is 19.4. The maximum atomic E-state index is 13.1. The van der Waals surface area contributed by atoms with Gasteiger partial charge in [0.15, 0.2) is 6.10 Å². The van der Waals surface area contributed by atoms with Crippen molar-refractivity contribution in [2.75, 3.05) is 19.7 Å². The summed E-state index contributed by atoms with van der Waals surface area (Å²) in [6, 6.07) is 12.0. The molecular formula is C25H25N3O4. The third-order valence-electron chi connectivity index (χ3n) is 6.13. The van der Waals surface area contributed by atoms with Crippen molar-refractivity contribution in [3.8, 4) is 11.4 Å². The van der Waals surface area contributed by atoms with Crippen molar-refractivity contribution in [2.45, 2.75) is 33.3 Å². The molecule has 1 aliphatic rings. The number of fused-ring (bicyclic) bond motifs is 1. The first-order chi connectivity index (χ1) is 15.5. The van der Waals surface area contributed by atoms with Gasteiger partial charge >= 0.3 is 0 Å². The highest BCUT2D eigenvalue weighted by atomic mass is 16.5. The molecule has 0 saturated carbocycles. The van der Waals surface area contributed by atoms with Crippen molar-refractivity contribution < 1.29 is 18.5 Å². The predicted molar refractivity (Wildman–Crippen MR) is 119 cm³/mol. The fourth-order valence-corrected chi connectivity index (χ4v) is 4.07. The van der Waals surface area contributed by atoms with E-state index in [4.69, 9.17) is 13.7 Å². The molecule has 164 valence electrons. The monoisotopic (exact) mass is 431 g/mol. The van der Waals surface area contributed by atoms with Gasteiger partial charge in [0.1, 0.15) is 5.58 Å². The van der Waals surface area contributed by atoms with E-state index in [9.17, 15) is 4.79 Å². The number of carbonyl (C=O) groups is 1. The zero-order chi connectivity index (χ0) is 22.2. The number of hydrogen-bond donors (Lipinski definition) is 0. The molecular weight excluding hydrogens is 406 g/mol. The van der Waals surface area contributed by atoms with Crippen LogP contribution < -0.4 is 0 Å². The van der Waals surface area contributed by atoms with Gasteiger partial charge in [-0.15, -0.1) is 0 Å². The quantitative estimate of drug-likeness (QED) is 0.471. The summed E-state index contributed by atoms with van der Waals surface area (Å²) < 4.78 is 17.0. The third kappa shape index (κ3) is 3.80. The molecule has 0 bridgehead atoms. The van der Waals surface area contributed by atoms with E-state index in [1.807, 2.05) is 37.3 Å². The van der Waals surface area contributed by atoms with Crippen LogP contribution in [0.2, 0.25) is 0 Å². The lowest BCUT2D eigenvalue weighted by Gasteiger charge is -2.31. The highest BCUT2D eigenvalue weighted by Crippen LogP contribution is 2.28. The zero-order valence-corrected chi connectivity index (χ0v) is 18.4. The topological polar surface area (TPSA) is 81.6 Å². The van der Waals surface area contributed by atoms with E-state index in [0.29, 0.717) is 31.4 Å². The number of aryl methyl sites for hydroxylation is 3. The van der Waals surface area contributed by atoms with E-state index in [2.05, 4.69) is 30.1 Å². The maximum Gasteiger partial charge on any atom is 0.257 e. The van der Waals surface area contributed by atoms with Crippen molar-refractivity contribution in [1.29, 1.82) is 0 Å². The van der Waals surface area contributed by atoms with E-state index in [1.54, 1.807) is 11.2 Å². The second-order valence-corrected chi connectivity index (χ2v) is 8.34. The van der Waals surface area contributed by atoms with Gasteiger partial charge in [-0.3, -0.25) is 4.79 Å². The molecule has 0 spiro atoms. The van der Waals surface area contributed by atoms with Gasteiger partial charge in [-0.1, -0.05) is 29.4 Å². The van der Waals surface area contributed by atoms with Crippen LogP contribution in [-0.4, -0.2) is 40.6 Å². The molecule has 1 aliphatic heterocycles. The van der Waals surface area contributed by atoms with Gasteiger partial charge in [0.2, 0.25) is 11.7 Å². The van der Waals surface area contributed by atoms with Crippen LogP contribution in [0.25, 0.3) is 22.4 Å². The van der Waals surface area contributed by atoms with Crippen LogP contribution in [0.4, 0.5) is 0 Å². The number of ether oxygens (including phenoxy) is 1. The summed E-state index contributed by atoms with van der Waals surface area (Å²) in [5.74, 6) is 0.944. The van der Waals surface area contributed by atoms with Crippen LogP contribution in [-0.2, 0) is 16.0 Å². The number of carbonyl (C=O) groups excluding carboxylic acids is 1. The largest absolute Gasteiger partial charge is 0.464 e. The molecule has 1 atom stereocenters. The highest BCUT2D eigenvalue weighted by Gasteiger charge is 2.30. The Hall–Kier alpha value is -3.45. The van der Waals surface area contributed by atoms with Gasteiger partial charge in [-0.2, -0.15) is 4.98 Å². The summed E-state index contributed by atoms with van der Waals surface area (Å²) in [7, 11) is 0. The number of hydrogen-bond acceptors (Lipinski definition) is 6. The predicted octanol–water partition coefficient (Wildman–Crippen LogP) is 4.55. The van der Waals surface area contributed by atoms with Crippen molar-refractivity contribution in [2.24, 2.45) is 0 Å². The van der Waals surface area contributed by atoms with Crippen LogP contribution >= 0.6 is 0 Å². The van der Waals surface area contributed by atoms with Gasteiger partial charge in [0.05, 0.1) is 25.8 Å². The number of morpholine rings is 1. The van der Waals surface area contributed by atoms with E-state index < -0.39 is 6.10 Å². The summed E-state index contributed by atoms with van der Waals surface area (Å²) >= 11 is 0. The Morgan fingerprint density at radius 1 is 1.12 bits per heavy atom. The van der Waals surface area contributed by atoms with E-state index >= 15 is 0 Å². The minimum Gasteiger partial charge on any atom is -0.464 e. The Balaban J connectivity index is 1.31. The fraction of sp³-hybridized carbons (Fsp3) is 0.320. The van der Waals surface area contributed by atoms with E-state index in [1.165, 1.54) is 11.1 Å². The summed E-state index contributed by atoms with van der Waals surface area (Å²) in [6.45, 7) is 7.45. The van der Waals surface area contributed by atoms with Crippen molar-refractivity contribution >= 4 is 16.9 Å². The maximum absolute atomic E-state index is 13.1. The summed E-state index contributed by atoms with van der Waals surface area (Å²) in [5.41, 5.74) is 6.05. The second-order valence-electron chi connectivity index (χ2n) is 8.34. The lowest BCUT2D eigenvalue weighted by molar-refractivity contribution is -0.139. The minimum absolute atomic E-state index is 0.0258. The standard InChI is InChI=1S/C25H25N3O4/c1-15-6-4-5-7-19(15)24-26-25(32-27-24)22-13-28(8-9-30-22)23(29)12-18-14-31-21-11-17(3)16(2)10-20(18)21/h4-7,10-11,14,22H,8-9,12-13H2,1-3H3. The van der Waals surface area contributed by atoms with Gasteiger partial charge in [-0.25, -0.2) is 0 Å². The van der Waals surface area contributed by atoms with Gasteiger partial charge in [-0.05, 0) is 49.6 Å². The van der Waals surface area contributed by atoms with Crippen LogP contribution in [0.1, 0.15) is 34.2 Å². The van der Waals surface area contributed by atoms with E-state index in [0.717, 1.165) is 27.7 Å². The number of aromatic nitrogens is 2. The van der Waals surface area contributed by atoms with Crippen LogP contribution in [0, 0.1) is 20.8 Å². The smallest absolute Gasteiger partial charge is 0.257 e. The lowest BCUT2D eigenvalue weighted by Crippen LogP contribution is -2.43. The summed E-state index contributed by atoms with van der Waals surface area (Å²) in [5, 5.41) is 5.11. The number of rotatable bonds is 4. The molecule has 1 amide bonds. The van der Waals surface area contributed by atoms with Crippen molar-refractivity contribution in [1.82, 2.24) is 15.0 Å². The molecule has 2 aromatic heterocycles. The number of furan rings is 1. The molecule has 4 aromatic rings. The minimum atomic E-state index is -0.441. The Morgan fingerprint density at radius 2 is 1.94 bits per heavy atom. The molecule has 1 fully saturated rings. The molecule has 32 heavy (non-hydrogen) atoms. The molecule has 7 heteroatoms. The second kappa shape index (κ2) is 8.24. The van der Waals surface area contributed by atoms with E-state index in [-0.39, 0.29) is 12.3 Å². The Morgan fingerprint density at radius 3 is 2.78 bits per heavy atom. The fourth-order valence-electron chi connectivity index (χ4n) is 4.07. The number of benzene rings is 2. The van der Waals surface area contributed by atoms with Crippen LogP contribution in [0.5, 0.6) is 0 Å². The molecule has 2 aromatic carbocycles. The summed E-state index contributed by atoms with van der Waals surface area (Å²) in [6.07, 6.45) is 1.52. The first kappa shape index (κ1) is 20.5. The average Bonchev–Trinajstić information content (AvgIpc) is 3.43.